The molecule has 2 saturated carbocycles. The van der Waals surface area contributed by atoms with E-state index in [2.05, 4.69) is 212 Å². The van der Waals surface area contributed by atoms with Gasteiger partial charge in [0.1, 0.15) is 0 Å². The van der Waals surface area contributed by atoms with Crippen molar-refractivity contribution in [2.45, 2.75) is 76.5 Å². The molecule has 7 aliphatic carbocycles. The van der Waals surface area contributed by atoms with Gasteiger partial charge < -0.3 is 9.80 Å². The summed E-state index contributed by atoms with van der Waals surface area (Å²) in [4.78, 5) is 5.06. The van der Waals surface area contributed by atoms with E-state index in [-0.39, 0.29) is 5.41 Å². The summed E-state index contributed by atoms with van der Waals surface area (Å²) in [5, 5.41) is 0. The van der Waals surface area contributed by atoms with E-state index < -0.39 is 0 Å². The molecule has 0 N–H and O–H groups in total. The van der Waals surface area contributed by atoms with Gasteiger partial charge in [-0.2, -0.15) is 0 Å². The minimum atomic E-state index is -0.151. The zero-order chi connectivity index (χ0) is 42.8. The number of rotatable bonds is 8. The van der Waals surface area contributed by atoms with Gasteiger partial charge in [0.2, 0.25) is 0 Å². The summed E-state index contributed by atoms with van der Waals surface area (Å²) in [7, 11) is 0. The lowest BCUT2D eigenvalue weighted by Crippen LogP contribution is -2.18. The first-order valence-electron chi connectivity index (χ1n) is 23.8. The van der Waals surface area contributed by atoms with Crippen molar-refractivity contribution >= 4 is 34.1 Å². The highest BCUT2D eigenvalue weighted by Gasteiger charge is 2.40. The van der Waals surface area contributed by atoms with Gasteiger partial charge in [0, 0.05) is 39.5 Å². The number of nitrogens with zero attached hydrogens (tertiary/aromatic N) is 2. The Labute approximate surface area is 379 Å². The molecule has 64 heavy (non-hydrogen) atoms. The lowest BCUT2D eigenvalue weighted by molar-refractivity contribution is 0.420. The molecule has 0 spiro atoms. The maximum Gasteiger partial charge on any atom is 0.0496 e. The number of anilines is 6. The van der Waals surface area contributed by atoms with Crippen LogP contribution in [-0.4, -0.2) is 0 Å². The Morgan fingerprint density at radius 3 is 1.53 bits per heavy atom. The molecule has 8 aromatic carbocycles. The summed E-state index contributed by atoms with van der Waals surface area (Å²) in [6.07, 6.45) is 9.41. The van der Waals surface area contributed by atoms with Gasteiger partial charge in [-0.3, -0.25) is 0 Å². The van der Waals surface area contributed by atoms with Crippen molar-refractivity contribution in [3.05, 3.63) is 227 Å². The summed E-state index contributed by atoms with van der Waals surface area (Å²) in [5.41, 5.74) is 22.3. The van der Waals surface area contributed by atoms with Gasteiger partial charge in [-0.25, -0.2) is 0 Å². The quantitative estimate of drug-likeness (QED) is 0.151. The van der Waals surface area contributed by atoms with Gasteiger partial charge >= 0.3 is 0 Å². The molecule has 2 fully saturated rings. The van der Waals surface area contributed by atoms with Crippen LogP contribution >= 0.6 is 0 Å². The molecule has 0 amide bonds. The second-order valence-corrected chi connectivity index (χ2v) is 19.6. The molecular weight excluding hydrogens is 773 g/mol. The number of aryl methyl sites for hydroxylation is 4. The molecule has 314 valence electrons. The van der Waals surface area contributed by atoms with Gasteiger partial charge in [0.05, 0.1) is 0 Å². The van der Waals surface area contributed by atoms with Crippen molar-refractivity contribution in [3.63, 3.8) is 0 Å². The van der Waals surface area contributed by atoms with Crippen LogP contribution in [0, 0.1) is 11.8 Å². The topological polar surface area (TPSA) is 6.48 Å². The number of benzene rings is 8. The third-order valence-corrected chi connectivity index (χ3v) is 15.5. The second-order valence-electron chi connectivity index (χ2n) is 19.6. The fourth-order valence-electron chi connectivity index (χ4n) is 12.1. The Bertz CT molecular complexity index is 2950. The molecule has 6 bridgehead atoms. The summed E-state index contributed by atoms with van der Waals surface area (Å²) >= 11 is 0. The third kappa shape index (κ3) is 6.87. The van der Waals surface area contributed by atoms with Crippen LogP contribution in [0.25, 0.3) is 22.3 Å². The van der Waals surface area contributed by atoms with Crippen LogP contribution in [0.5, 0.6) is 0 Å². The molecule has 3 atom stereocenters. The van der Waals surface area contributed by atoms with E-state index in [9.17, 15) is 0 Å². The molecule has 3 unspecified atom stereocenters. The highest BCUT2D eigenvalue weighted by Crippen LogP contribution is 2.54. The van der Waals surface area contributed by atoms with Gasteiger partial charge in [-0.1, -0.05) is 142 Å². The predicted molar refractivity (Wildman–Crippen MR) is 268 cm³/mol. The monoisotopic (exact) mass is 828 g/mol. The van der Waals surface area contributed by atoms with Gasteiger partial charge in [-0.05, 0) is 191 Å². The Balaban J connectivity index is 0.947. The molecule has 2 nitrogen and oxygen atoms in total. The first-order chi connectivity index (χ1) is 31.4. The van der Waals surface area contributed by atoms with Crippen molar-refractivity contribution in [2.75, 3.05) is 9.80 Å². The second kappa shape index (κ2) is 15.9. The molecule has 0 radical (unpaired) electrons. The van der Waals surface area contributed by atoms with E-state index in [0.717, 1.165) is 37.5 Å². The molecule has 0 aromatic heterocycles. The predicted octanol–water partition coefficient (Wildman–Crippen LogP) is 16.4. The van der Waals surface area contributed by atoms with E-state index in [0.29, 0.717) is 5.92 Å². The smallest absolute Gasteiger partial charge is 0.0496 e. The van der Waals surface area contributed by atoms with Gasteiger partial charge in [0.15, 0.2) is 0 Å². The molecule has 7 aliphatic rings. The van der Waals surface area contributed by atoms with E-state index in [4.69, 9.17) is 0 Å². The summed E-state index contributed by atoms with van der Waals surface area (Å²) < 4.78 is 0. The lowest BCUT2D eigenvalue weighted by Gasteiger charge is -2.31. The average Bonchev–Trinajstić information content (AvgIpc) is 4.04. The Hall–Kier alpha value is -6.64. The zero-order valence-electron chi connectivity index (χ0n) is 37.2. The summed E-state index contributed by atoms with van der Waals surface area (Å²) in [6.45, 7) is 4.84. The highest BCUT2D eigenvalue weighted by molar-refractivity contribution is 5.88. The van der Waals surface area contributed by atoms with E-state index in [1.807, 2.05) is 0 Å². The molecular formula is C62H56N2. The molecule has 8 aromatic rings. The molecule has 0 aliphatic heterocycles. The largest absolute Gasteiger partial charge is 0.310 e. The van der Waals surface area contributed by atoms with Crippen LogP contribution < -0.4 is 9.80 Å². The van der Waals surface area contributed by atoms with Crippen molar-refractivity contribution in [3.8, 4) is 22.3 Å². The Morgan fingerprint density at radius 2 is 0.953 bits per heavy atom. The van der Waals surface area contributed by atoms with E-state index in [1.165, 1.54) is 121 Å². The lowest BCUT2D eigenvalue weighted by atomic mass is 9.81. The third-order valence-electron chi connectivity index (χ3n) is 15.5. The fraction of sp³-hybridized carbons (Fsp3) is 0.226. The first-order valence-corrected chi connectivity index (χ1v) is 23.8. The molecule has 0 saturated heterocycles. The van der Waals surface area contributed by atoms with Crippen molar-refractivity contribution < 1.29 is 0 Å². The van der Waals surface area contributed by atoms with Crippen LogP contribution in [0.2, 0.25) is 0 Å². The van der Waals surface area contributed by atoms with Gasteiger partial charge in [0.25, 0.3) is 0 Å². The number of fused-ring (bicyclic) bond motifs is 5. The van der Waals surface area contributed by atoms with Crippen LogP contribution in [-0.2, 0) is 31.1 Å². The normalized spacial score (nSPS) is 18.9. The number of para-hydroxylation sites is 2. The molecule has 15 rings (SSSR count). The summed E-state index contributed by atoms with van der Waals surface area (Å²) in [6, 6.07) is 71.5. The van der Waals surface area contributed by atoms with Crippen LogP contribution in [0.15, 0.2) is 188 Å². The zero-order valence-corrected chi connectivity index (χ0v) is 37.2. The maximum atomic E-state index is 2.60. The molecule has 0 heterocycles. The van der Waals surface area contributed by atoms with Crippen molar-refractivity contribution in [1.82, 2.24) is 0 Å². The highest BCUT2D eigenvalue weighted by atomic mass is 15.2. The van der Waals surface area contributed by atoms with Crippen LogP contribution in [0.3, 0.4) is 0 Å². The first kappa shape index (κ1) is 39.0. The van der Waals surface area contributed by atoms with Crippen molar-refractivity contribution in [1.29, 1.82) is 0 Å². The molecule has 2 heteroatoms. The van der Waals surface area contributed by atoms with Crippen LogP contribution in [0.1, 0.15) is 84.4 Å². The van der Waals surface area contributed by atoms with Crippen molar-refractivity contribution in [2.24, 2.45) is 11.8 Å². The minimum Gasteiger partial charge on any atom is -0.310 e. The number of hydrogen-bond acceptors (Lipinski definition) is 2. The Morgan fingerprint density at radius 1 is 0.422 bits per heavy atom. The van der Waals surface area contributed by atoms with Gasteiger partial charge in [-0.15, -0.1) is 0 Å². The van der Waals surface area contributed by atoms with E-state index in [1.54, 1.807) is 0 Å². The standard InChI is InChI=1S/C62H56N2/c1-62(2)58-40-49(45-12-6-3-7-13-45)30-34-55(58)56-35-33-54(41-59(56)62)64(53-31-28-46(29-32-53)57-37-44-22-27-50(57)36-44)61-39-43-19-24-47-23-18-42(20-25-48(61)26-21-43)38-60(47)63(51-14-8-4-9-15-51)52-16-10-5-11-17-52/h3-18,21,23,26,28-35,38-41,44,50,57H,19-20,22,24-25,27,36-37H2,1-2H3. The van der Waals surface area contributed by atoms with Crippen LogP contribution in [0.4, 0.5) is 34.1 Å². The summed E-state index contributed by atoms with van der Waals surface area (Å²) in [5.74, 6) is 2.50. The van der Waals surface area contributed by atoms with E-state index >= 15 is 0 Å². The minimum absolute atomic E-state index is 0.151. The fourth-order valence-corrected chi connectivity index (χ4v) is 12.1. The maximum absolute atomic E-state index is 2.60. The Kier molecular flexibility index (Phi) is 9.66. The number of hydrogen-bond donors (Lipinski definition) is 0. The SMILES string of the molecule is CC1(C)c2cc(-c3ccccc3)ccc2-c2ccc(N(c3ccc(C4CC5CCC4C5)cc3)c3cc4ccc3CCc3ccc(c(N(c5ccccc5)c5ccccc5)c3)CC4)cc21. The average molecular weight is 829 g/mol.